The first-order valence-electron chi connectivity index (χ1n) is 8.41. The van der Waals surface area contributed by atoms with Crippen molar-refractivity contribution in [3.05, 3.63) is 78.0 Å². The van der Waals surface area contributed by atoms with E-state index < -0.39 is 11.6 Å². The molecule has 0 aliphatic heterocycles. The lowest BCUT2D eigenvalue weighted by Crippen LogP contribution is -2.04. The zero-order valence-corrected chi connectivity index (χ0v) is 14.6. The van der Waals surface area contributed by atoms with Crippen LogP contribution in [-0.2, 0) is 12.8 Å². The van der Waals surface area contributed by atoms with Gasteiger partial charge in [0.1, 0.15) is 23.7 Å². The zero-order valence-electron chi connectivity index (χ0n) is 14.6. The molecule has 0 aliphatic carbocycles. The first-order chi connectivity index (χ1) is 13.2. The highest BCUT2D eigenvalue weighted by Gasteiger charge is 2.14. The Morgan fingerprint density at radius 2 is 1.85 bits per heavy atom. The standard InChI is InChI=1S/C20H16F2N4O/c1-27-19-11-14(21)10-18(22)17(19)5-3-15-2-4-16(13-6-8-23-9-7-13)20-25-24-12-26(15)20/h2,4,6-12H,3,5H2,1H3. The summed E-state index contributed by atoms with van der Waals surface area (Å²) in [4.78, 5) is 4.03. The van der Waals surface area contributed by atoms with Gasteiger partial charge < -0.3 is 4.74 Å². The molecule has 136 valence electrons. The van der Waals surface area contributed by atoms with E-state index in [-0.39, 0.29) is 5.75 Å². The molecule has 0 saturated heterocycles. The number of hydrogen-bond donors (Lipinski definition) is 0. The molecule has 0 saturated carbocycles. The number of halogens is 2. The first kappa shape index (κ1) is 17.1. The maximum absolute atomic E-state index is 14.2. The highest BCUT2D eigenvalue weighted by atomic mass is 19.1. The molecule has 1 aromatic carbocycles. The number of ether oxygens (including phenoxy) is 1. The van der Waals surface area contributed by atoms with Crippen LogP contribution in [0.4, 0.5) is 8.78 Å². The maximum atomic E-state index is 14.2. The number of pyridine rings is 2. The lowest BCUT2D eigenvalue weighted by Gasteiger charge is -2.12. The number of fused-ring (bicyclic) bond motifs is 1. The third kappa shape index (κ3) is 3.23. The van der Waals surface area contributed by atoms with Crippen molar-refractivity contribution in [1.82, 2.24) is 19.6 Å². The summed E-state index contributed by atoms with van der Waals surface area (Å²) >= 11 is 0. The van der Waals surface area contributed by atoms with Crippen molar-refractivity contribution in [3.8, 4) is 16.9 Å². The van der Waals surface area contributed by atoms with Crippen molar-refractivity contribution in [1.29, 1.82) is 0 Å². The summed E-state index contributed by atoms with van der Waals surface area (Å²) in [7, 11) is 1.40. The van der Waals surface area contributed by atoms with E-state index in [0.717, 1.165) is 22.9 Å². The van der Waals surface area contributed by atoms with Gasteiger partial charge in [-0.2, -0.15) is 0 Å². The second kappa shape index (κ2) is 7.11. The summed E-state index contributed by atoms with van der Waals surface area (Å²) in [6.07, 6.45) is 5.95. The number of aromatic nitrogens is 4. The highest BCUT2D eigenvalue weighted by molar-refractivity contribution is 5.77. The number of nitrogens with zero attached hydrogens (tertiary/aromatic N) is 4. The quantitative estimate of drug-likeness (QED) is 0.538. The van der Waals surface area contributed by atoms with Gasteiger partial charge in [0.25, 0.3) is 0 Å². The lowest BCUT2D eigenvalue weighted by molar-refractivity contribution is 0.399. The average molecular weight is 366 g/mol. The Balaban J connectivity index is 1.68. The molecular formula is C20H16F2N4O. The second-order valence-electron chi connectivity index (χ2n) is 6.07. The van der Waals surface area contributed by atoms with Crippen LogP contribution < -0.4 is 4.74 Å². The van der Waals surface area contributed by atoms with Gasteiger partial charge in [0, 0.05) is 41.3 Å². The van der Waals surface area contributed by atoms with Gasteiger partial charge in [-0.05, 0) is 42.7 Å². The van der Waals surface area contributed by atoms with Crippen LogP contribution in [0.3, 0.4) is 0 Å². The smallest absolute Gasteiger partial charge is 0.168 e. The van der Waals surface area contributed by atoms with E-state index in [1.807, 2.05) is 28.7 Å². The van der Waals surface area contributed by atoms with Crippen LogP contribution in [-0.4, -0.2) is 26.7 Å². The van der Waals surface area contributed by atoms with Gasteiger partial charge in [-0.15, -0.1) is 10.2 Å². The van der Waals surface area contributed by atoms with Gasteiger partial charge in [0.15, 0.2) is 5.65 Å². The zero-order chi connectivity index (χ0) is 18.8. The third-order valence-electron chi connectivity index (χ3n) is 4.50. The molecule has 0 bridgehead atoms. The van der Waals surface area contributed by atoms with Gasteiger partial charge >= 0.3 is 0 Å². The van der Waals surface area contributed by atoms with Crippen molar-refractivity contribution >= 4 is 5.65 Å². The molecule has 0 N–H and O–H groups in total. The Morgan fingerprint density at radius 3 is 2.63 bits per heavy atom. The SMILES string of the molecule is COc1cc(F)cc(F)c1CCc1ccc(-c2ccncc2)c2nncn12. The molecule has 0 fully saturated rings. The Kier molecular flexibility index (Phi) is 4.50. The van der Waals surface area contributed by atoms with E-state index in [1.165, 1.54) is 13.2 Å². The summed E-state index contributed by atoms with van der Waals surface area (Å²) in [6.45, 7) is 0. The summed E-state index contributed by atoms with van der Waals surface area (Å²) in [5.41, 5.74) is 3.90. The van der Waals surface area contributed by atoms with Crippen LogP contribution in [0.5, 0.6) is 5.75 Å². The molecule has 27 heavy (non-hydrogen) atoms. The molecule has 0 unspecified atom stereocenters. The number of benzene rings is 1. The molecule has 0 spiro atoms. The number of hydrogen-bond acceptors (Lipinski definition) is 4. The van der Waals surface area contributed by atoms with Crippen LogP contribution in [0.15, 0.2) is 55.1 Å². The summed E-state index contributed by atoms with van der Waals surface area (Å²) in [5, 5.41) is 8.23. The Hall–Kier alpha value is -3.35. The molecular weight excluding hydrogens is 350 g/mol. The predicted molar refractivity (Wildman–Crippen MR) is 96.5 cm³/mol. The van der Waals surface area contributed by atoms with Gasteiger partial charge in [0.2, 0.25) is 0 Å². The molecule has 3 heterocycles. The van der Waals surface area contributed by atoms with Crippen LogP contribution in [0.25, 0.3) is 16.8 Å². The van der Waals surface area contributed by atoms with Gasteiger partial charge in [-0.3, -0.25) is 9.38 Å². The minimum atomic E-state index is -0.656. The second-order valence-corrected chi connectivity index (χ2v) is 6.07. The maximum Gasteiger partial charge on any atom is 0.168 e. The van der Waals surface area contributed by atoms with E-state index >= 15 is 0 Å². The van der Waals surface area contributed by atoms with Crippen molar-refractivity contribution in [2.75, 3.05) is 7.11 Å². The van der Waals surface area contributed by atoms with E-state index in [0.29, 0.717) is 24.1 Å². The fourth-order valence-electron chi connectivity index (χ4n) is 3.18. The molecule has 0 amide bonds. The minimum Gasteiger partial charge on any atom is -0.496 e. The fourth-order valence-corrected chi connectivity index (χ4v) is 3.18. The summed E-state index contributed by atoms with van der Waals surface area (Å²) < 4.78 is 34.6. The lowest BCUT2D eigenvalue weighted by atomic mass is 10.0. The predicted octanol–water partition coefficient (Wildman–Crippen LogP) is 3.86. The van der Waals surface area contributed by atoms with Crippen LogP contribution in [0.1, 0.15) is 11.3 Å². The molecule has 0 radical (unpaired) electrons. The van der Waals surface area contributed by atoms with Crippen molar-refractivity contribution in [2.45, 2.75) is 12.8 Å². The molecule has 4 aromatic rings. The van der Waals surface area contributed by atoms with E-state index in [9.17, 15) is 8.78 Å². The average Bonchev–Trinajstić information content (AvgIpc) is 3.17. The molecule has 4 rings (SSSR count). The first-order valence-corrected chi connectivity index (χ1v) is 8.41. The largest absolute Gasteiger partial charge is 0.496 e. The third-order valence-corrected chi connectivity index (χ3v) is 4.50. The summed E-state index contributed by atoms with van der Waals surface area (Å²) in [6, 6.07) is 9.80. The normalized spacial score (nSPS) is 11.1. The molecule has 0 atom stereocenters. The number of rotatable bonds is 5. The minimum absolute atomic E-state index is 0.209. The van der Waals surface area contributed by atoms with Crippen LogP contribution in [0, 0.1) is 11.6 Å². The molecule has 7 heteroatoms. The van der Waals surface area contributed by atoms with E-state index in [2.05, 4.69) is 15.2 Å². The van der Waals surface area contributed by atoms with Gasteiger partial charge in [-0.25, -0.2) is 8.78 Å². The topological polar surface area (TPSA) is 52.3 Å². The van der Waals surface area contributed by atoms with Gasteiger partial charge in [0.05, 0.1) is 7.11 Å². The Labute approximate surface area is 154 Å². The Morgan fingerprint density at radius 1 is 1.04 bits per heavy atom. The van der Waals surface area contributed by atoms with Crippen molar-refractivity contribution < 1.29 is 13.5 Å². The van der Waals surface area contributed by atoms with Crippen LogP contribution >= 0.6 is 0 Å². The summed E-state index contributed by atoms with van der Waals surface area (Å²) in [5.74, 6) is -1.06. The molecule has 3 aromatic heterocycles. The molecule has 5 nitrogen and oxygen atoms in total. The van der Waals surface area contributed by atoms with E-state index in [4.69, 9.17) is 4.74 Å². The molecule has 0 aliphatic rings. The number of methoxy groups -OCH3 is 1. The van der Waals surface area contributed by atoms with Crippen molar-refractivity contribution in [3.63, 3.8) is 0 Å². The monoisotopic (exact) mass is 366 g/mol. The van der Waals surface area contributed by atoms with E-state index in [1.54, 1.807) is 18.7 Å². The number of aryl methyl sites for hydroxylation is 1. The highest BCUT2D eigenvalue weighted by Crippen LogP contribution is 2.27. The fraction of sp³-hybridized carbons (Fsp3) is 0.150. The van der Waals surface area contributed by atoms with Crippen LogP contribution in [0.2, 0.25) is 0 Å². The van der Waals surface area contributed by atoms with Crippen molar-refractivity contribution in [2.24, 2.45) is 0 Å². The Bertz CT molecular complexity index is 1100. The van der Waals surface area contributed by atoms with Gasteiger partial charge in [-0.1, -0.05) is 0 Å².